The summed E-state index contributed by atoms with van der Waals surface area (Å²) in [4.78, 5) is 26.8. The minimum Gasteiger partial charge on any atom is -0.462 e. The van der Waals surface area contributed by atoms with Gasteiger partial charge in [-0.2, -0.15) is 0 Å². The summed E-state index contributed by atoms with van der Waals surface area (Å²) in [5.74, 6) is -0.423. The summed E-state index contributed by atoms with van der Waals surface area (Å²) < 4.78 is 11.5. The van der Waals surface area contributed by atoms with Crippen molar-refractivity contribution in [2.75, 3.05) is 6.61 Å². The Labute approximate surface area is 144 Å². The Kier molecular flexibility index (Phi) is 4.30. The molecular formula is C16H11BrN2O5. The van der Waals surface area contributed by atoms with E-state index in [9.17, 15) is 14.9 Å². The SMILES string of the molecule is CCOC(=O)c1cc([N+](=O)[O-])cc2nc(-c3ccc(Br)cc3)oc12. The van der Waals surface area contributed by atoms with Gasteiger partial charge in [-0.1, -0.05) is 15.9 Å². The number of fused-ring (bicyclic) bond motifs is 1. The molecule has 0 saturated carbocycles. The highest BCUT2D eigenvalue weighted by atomic mass is 79.9. The predicted octanol–water partition coefficient (Wildman–Crippen LogP) is 4.34. The third-order valence-corrected chi connectivity index (χ3v) is 3.80. The van der Waals surface area contributed by atoms with Crippen LogP contribution in [0.15, 0.2) is 45.3 Å². The van der Waals surface area contributed by atoms with E-state index in [4.69, 9.17) is 9.15 Å². The van der Waals surface area contributed by atoms with Crippen molar-refractivity contribution in [3.05, 3.63) is 56.5 Å². The van der Waals surface area contributed by atoms with Gasteiger partial charge in [-0.15, -0.1) is 0 Å². The molecule has 0 bridgehead atoms. The molecule has 1 aromatic heterocycles. The zero-order valence-electron chi connectivity index (χ0n) is 12.5. The molecule has 2 aromatic carbocycles. The first-order chi connectivity index (χ1) is 11.5. The Hall–Kier alpha value is -2.74. The van der Waals surface area contributed by atoms with E-state index in [2.05, 4.69) is 20.9 Å². The average molecular weight is 391 g/mol. The minimum absolute atomic E-state index is 0.0167. The number of nitrogens with zero attached hydrogens (tertiary/aromatic N) is 2. The molecule has 0 atom stereocenters. The van der Waals surface area contributed by atoms with Crippen molar-refractivity contribution in [3.63, 3.8) is 0 Å². The maximum Gasteiger partial charge on any atom is 0.342 e. The number of halogens is 1. The van der Waals surface area contributed by atoms with Crippen LogP contribution >= 0.6 is 15.9 Å². The maximum atomic E-state index is 12.1. The quantitative estimate of drug-likeness (QED) is 0.373. The summed E-state index contributed by atoms with van der Waals surface area (Å²) in [6, 6.07) is 9.61. The van der Waals surface area contributed by atoms with Crippen molar-refractivity contribution >= 4 is 38.7 Å². The molecule has 0 amide bonds. The van der Waals surface area contributed by atoms with Gasteiger partial charge in [0.2, 0.25) is 5.89 Å². The number of benzene rings is 2. The second kappa shape index (κ2) is 6.40. The van der Waals surface area contributed by atoms with E-state index >= 15 is 0 Å². The number of ether oxygens (including phenoxy) is 1. The lowest BCUT2D eigenvalue weighted by molar-refractivity contribution is -0.384. The lowest BCUT2D eigenvalue weighted by Crippen LogP contribution is -2.05. The Morgan fingerprint density at radius 1 is 1.33 bits per heavy atom. The summed E-state index contributed by atoms with van der Waals surface area (Å²) in [7, 11) is 0. The molecule has 0 radical (unpaired) electrons. The Balaban J connectivity index is 2.19. The lowest BCUT2D eigenvalue weighted by Gasteiger charge is -2.02. The average Bonchev–Trinajstić information content (AvgIpc) is 2.98. The minimum atomic E-state index is -0.690. The van der Waals surface area contributed by atoms with Crippen LogP contribution < -0.4 is 0 Å². The number of carbonyl (C=O) groups excluding carboxylic acids is 1. The van der Waals surface area contributed by atoms with Crippen LogP contribution in [0.5, 0.6) is 0 Å². The summed E-state index contributed by atoms with van der Waals surface area (Å²) in [5.41, 5.74) is 0.812. The van der Waals surface area contributed by atoms with Gasteiger partial charge < -0.3 is 9.15 Å². The molecular weight excluding hydrogens is 380 g/mol. The van der Waals surface area contributed by atoms with E-state index in [-0.39, 0.29) is 34.8 Å². The molecule has 0 spiro atoms. The number of hydrogen-bond acceptors (Lipinski definition) is 6. The fraction of sp³-hybridized carbons (Fsp3) is 0.125. The number of esters is 1. The fourth-order valence-electron chi connectivity index (χ4n) is 2.20. The third-order valence-electron chi connectivity index (χ3n) is 3.27. The highest BCUT2D eigenvalue weighted by Gasteiger charge is 2.22. The molecule has 7 nitrogen and oxygen atoms in total. The zero-order chi connectivity index (χ0) is 17.3. The smallest absolute Gasteiger partial charge is 0.342 e. The molecule has 3 aromatic rings. The molecule has 8 heteroatoms. The number of non-ortho nitro benzene ring substituents is 1. The van der Waals surface area contributed by atoms with Gasteiger partial charge in [-0.05, 0) is 31.2 Å². The van der Waals surface area contributed by atoms with E-state index in [0.29, 0.717) is 5.56 Å². The van der Waals surface area contributed by atoms with E-state index < -0.39 is 10.9 Å². The van der Waals surface area contributed by atoms with Gasteiger partial charge in [-0.3, -0.25) is 10.1 Å². The molecule has 0 fully saturated rings. The molecule has 1 heterocycles. The van der Waals surface area contributed by atoms with Crippen LogP contribution in [-0.4, -0.2) is 22.5 Å². The van der Waals surface area contributed by atoms with E-state index in [1.54, 1.807) is 19.1 Å². The summed E-state index contributed by atoms with van der Waals surface area (Å²) >= 11 is 3.34. The number of nitro benzene ring substituents is 1. The number of oxazole rings is 1. The number of hydrogen-bond donors (Lipinski definition) is 0. The third kappa shape index (κ3) is 3.00. The van der Waals surface area contributed by atoms with Crippen molar-refractivity contribution < 1.29 is 18.9 Å². The molecule has 0 saturated heterocycles. The van der Waals surface area contributed by atoms with Gasteiger partial charge in [0, 0.05) is 22.2 Å². The fourth-order valence-corrected chi connectivity index (χ4v) is 2.46. The van der Waals surface area contributed by atoms with Gasteiger partial charge in [0.05, 0.1) is 11.5 Å². The van der Waals surface area contributed by atoms with Crippen LogP contribution in [0.25, 0.3) is 22.6 Å². The van der Waals surface area contributed by atoms with Gasteiger partial charge in [-0.25, -0.2) is 9.78 Å². The monoisotopic (exact) mass is 390 g/mol. The molecule has 0 unspecified atom stereocenters. The molecule has 0 aliphatic carbocycles. The van der Waals surface area contributed by atoms with Crippen molar-refractivity contribution in [2.45, 2.75) is 6.92 Å². The Morgan fingerprint density at radius 2 is 2.04 bits per heavy atom. The predicted molar refractivity (Wildman–Crippen MR) is 89.8 cm³/mol. The van der Waals surface area contributed by atoms with Crippen molar-refractivity contribution in [2.24, 2.45) is 0 Å². The van der Waals surface area contributed by atoms with Crippen molar-refractivity contribution in [3.8, 4) is 11.5 Å². The second-order valence-corrected chi connectivity index (χ2v) is 5.76. The van der Waals surface area contributed by atoms with Crippen molar-refractivity contribution in [1.29, 1.82) is 0 Å². The largest absolute Gasteiger partial charge is 0.462 e. The number of rotatable bonds is 4. The first-order valence-electron chi connectivity index (χ1n) is 7.01. The lowest BCUT2D eigenvalue weighted by atomic mass is 10.1. The van der Waals surface area contributed by atoms with Crippen LogP contribution in [0, 0.1) is 10.1 Å². The summed E-state index contributed by atoms with van der Waals surface area (Å²) in [6.07, 6.45) is 0. The van der Waals surface area contributed by atoms with Gasteiger partial charge in [0.1, 0.15) is 11.1 Å². The van der Waals surface area contributed by atoms with Crippen LogP contribution in [0.4, 0.5) is 5.69 Å². The maximum absolute atomic E-state index is 12.1. The second-order valence-electron chi connectivity index (χ2n) is 4.85. The van der Waals surface area contributed by atoms with Crippen LogP contribution in [0.1, 0.15) is 17.3 Å². The Bertz CT molecular complexity index is 934. The van der Waals surface area contributed by atoms with Gasteiger partial charge in [0.15, 0.2) is 5.58 Å². The highest BCUT2D eigenvalue weighted by molar-refractivity contribution is 9.10. The van der Waals surface area contributed by atoms with Gasteiger partial charge in [0.25, 0.3) is 5.69 Å². The number of aromatic nitrogens is 1. The number of carbonyl (C=O) groups is 1. The first kappa shape index (κ1) is 16.1. The molecule has 0 aliphatic rings. The highest BCUT2D eigenvalue weighted by Crippen LogP contribution is 2.31. The Morgan fingerprint density at radius 3 is 2.67 bits per heavy atom. The standard InChI is InChI=1S/C16H11BrN2O5/c1-2-23-16(20)12-7-11(19(21)22)8-13-14(12)24-15(18-13)9-3-5-10(17)6-4-9/h3-8H,2H2,1H3. The van der Waals surface area contributed by atoms with E-state index in [0.717, 1.165) is 10.5 Å². The summed E-state index contributed by atoms with van der Waals surface area (Å²) in [6.45, 7) is 1.80. The molecule has 24 heavy (non-hydrogen) atoms. The topological polar surface area (TPSA) is 95.5 Å². The normalized spacial score (nSPS) is 10.8. The molecule has 3 rings (SSSR count). The number of nitro groups is 1. The summed E-state index contributed by atoms with van der Waals surface area (Å²) in [5, 5.41) is 11.1. The van der Waals surface area contributed by atoms with E-state index in [1.165, 1.54) is 6.07 Å². The molecule has 122 valence electrons. The first-order valence-corrected chi connectivity index (χ1v) is 7.81. The van der Waals surface area contributed by atoms with Crippen LogP contribution in [-0.2, 0) is 4.74 Å². The molecule has 0 aliphatic heterocycles. The van der Waals surface area contributed by atoms with E-state index in [1.807, 2.05) is 12.1 Å². The zero-order valence-corrected chi connectivity index (χ0v) is 14.1. The molecule has 0 N–H and O–H groups in total. The van der Waals surface area contributed by atoms with Crippen LogP contribution in [0.3, 0.4) is 0 Å². The van der Waals surface area contributed by atoms with Crippen LogP contribution in [0.2, 0.25) is 0 Å². The van der Waals surface area contributed by atoms with Gasteiger partial charge >= 0.3 is 5.97 Å². The van der Waals surface area contributed by atoms with Crippen molar-refractivity contribution in [1.82, 2.24) is 4.98 Å².